The zero-order valence-electron chi connectivity index (χ0n) is 13.9. The molecule has 2 heterocycles. The Morgan fingerprint density at radius 1 is 1.32 bits per heavy atom. The molecule has 2 aliphatic rings. The van der Waals surface area contributed by atoms with Crippen molar-refractivity contribution in [1.29, 1.82) is 0 Å². The average molecular weight is 403 g/mol. The third-order valence-electron chi connectivity index (χ3n) is 5.10. The molecule has 7 heteroatoms. The Morgan fingerprint density at radius 3 is 2.64 bits per heavy atom. The monoisotopic (exact) mass is 402 g/mol. The molecule has 2 aromatic rings. The molecule has 0 spiro atoms. The molecule has 4 rings (SSSR count). The Hall–Kier alpha value is -2.15. The van der Waals surface area contributed by atoms with Gasteiger partial charge in [0.25, 0.3) is 0 Å². The standard InChI is InChI=1S/C18H19BrN4O2/c1-22-11-14(10-20-22)23-9-6-15(16(23)24)21-17(25)18(7-8-18)12-2-4-13(19)5-3-12/h2-5,10-11,15H,6-9H2,1H3,(H,21,25)/t15-/m1/s1. The molecule has 25 heavy (non-hydrogen) atoms. The van der Waals surface area contributed by atoms with E-state index in [1.165, 1.54) is 0 Å². The van der Waals surface area contributed by atoms with E-state index in [0.29, 0.717) is 13.0 Å². The van der Waals surface area contributed by atoms with Gasteiger partial charge in [0.15, 0.2) is 0 Å². The van der Waals surface area contributed by atoms with Gasteiger partial charge in [-0.15, -0.1) is 0 Å². The van der Waals surface area contributed by atoms with Crippen LogP contribution in [0.5, 0.6) is 0 Å². The average Bonchev–Trinajstić information content (AvgIpc) is 3.19. The topological polar surface area (TPSA) is 67.2 Å². The van der Waals surface area contributed by atoms with E-state index in [9.17, 15) is 9.59 Å². The summed E-state index contributed by atoms with van der Waals surface area (Å²) in [6.07, 6.45) is 5.76. The molecule has 1 aromatic carbocycles. The van der Waals surface area contributed by atoms with Gasteiger partial charge in [0.05, 0.1) is 17.3 Å². The van der Waals surface area contributed by atoms with Crippen LogP contribution >= 0.6 is 15.9 Å². The van der Waals surface area contributed by atoms with Gasteiger partial charge in [0.2, 0.25) is 11.8 Å². The highest BCUT2D eigenvalue weighted by atomic mass is 79.9. The smallest absolute Gasteiger partial charge is 0.249 e. The van der Waals surface area contributed by atoms with E-state index in [-0.39, 0.29) is 11.8 Å². The third kappa shape index (κ3) is 2.86. The van der Waals surface area contributed by atoms with Crippen molar-refractivity contribution < 1.29 is 9.59 Å². The lowest BCUT2D eigenvalue weighted by Gasteiger charge is -2.19. The fourth-order valence-electron chi connectivity index (χ4n) is 3.46. The van der Waals surface area contributed by atoms with Crippen LogP contribution in [0.3, 0.4) is 0 Å². The number of hydrogen-bond acceptors (Lipinski definition) is 3. The SMILES string of the molecule is Cn1cc(N2CC[C@@H](NC(=O)C3(c4ccc(Br)cc4)CC3)C2=O)cn1. The van der Waals surface area contributed by atoms with Gasteiger partial charge >= 0.3 is 0 Å². The first kappa shape index (κ1) is 16.3. The van der Waals surface area contributed by atoms with Gasteiger partial charge in [-0.25, -0.2) is 0 Å². The normalized spacial score (nSPS) is 21.4. The molecule has 1 saturated heterocycles. The van der Waals surface area contributed by atoms with Crippen molar-refractivity contribution >= 4 is 33.4 Å². The van der Waals surface area contributed by atoms with E-state index in [1.54, 1.807) is 15.8 Å². The maximum absolute atomic E-state index is 12.9. The number of anilines is 1. The summed E-state index contributed by atoms with van der Waals surface area (Å²) in [7, 11) is 1.82. The van der Waals surface area contributed by atoms with Gasteiger partial charge in [-0.1, -0.05) is 28.1 Å². The van der Waals surface area contributed by atoms with Crippen LogP contribution in [0.4, 0.5) is 5.69 Å². The van der Waals surface area contributed by atoms with Crippen molar-refractivity contribution in [3.8, 4) is 0 Å². The molecule has 0 bridgehead atoms. The predicted octanol–water partition coefficient (Wildman–Crippen LogP) is 2.14. The predicted molar refractivity (Wildman–Crippen MR) is 97.2 cm³/mol. The molecule has 1 aliphatic carbocycles. The molecule has 2 fully saturated rings. The van der Waals surface area contributed by atoms with Crippen molar-refractivity contribution in [2.75, 3.05) is 11.4 Å². The number of carbonyl (C=O) groups is 2. The van der Waals surface area contributed by atoms with E-state index >= 15 is 0 Å². The van der Waals surface area contributed by atoms with Crippen LogP contribution in [-0.2, 0) is 22.1 Å². The second-order valence-electron chi connectivity index (χ2n) is 6.77. The van der Waals surface area contributed by atoms with E-state index in [0.717, 1.165) is 28.6 Å². The number of aryl methyl sites for hydroxylation is 1. The summed E-state index contributed by atoms with van der Waals surface area (Å²) in [6, 6.07) is 7.41. The highest BCUT2D eigenvalue weighted by Crippen LogP contribution is 2.48. The van der Waals surface area contributed by atoms with Crippen molar-refractivity contribution in [3.05, 3.63) is 46.7 Å². The number of nitrogens with one attached hydrogen (secondary N) is 1. The second-order valence-corrected chi connectivity index (χ2v) is 7.68. The number of carbonyl (C=O) groups excluding carboxylic acids is 2. The first-order valence-corrected chi connectivity index (χ1v) is 9.16. The lowest BCUT2D eigenvalue weighted by atomic mass is 9.94. The quantitative estimate of drug-likeness (QED) is 0.851. The largest absolute Gasteiger partial charge is 0.343 e. The fraction of sp³-hybridized carbons (Fsp3) is 0.389. The van der Waals surface area contributed by atoms with Crippen LogP contribution in [0.15, 0.2) is 41.1 Å². The van der Waals surface area contributed by atoms with Gasteiger partial charge in [0, 0.05) is 24.3 Å². The second kappa shape index (κ2) is 5.98. The number of amides is 2. The van der Waals surface area contributed by atoms with Crippen molar-refractivity contribution in [1.82, 2.24) is 15.1 Å². The van der Waals surface area contributed by atoms with Gasteiger partial charge in [-0.05, 0) is 37.0 Å². The van der Waals surface area contributed by atoms with Gasteiger partial charge in [0.1, 0.15) is 6.04 Å². The summed E-state index contributed by atoms with van der Waals surface area (Å²) in [5, 5.41) is 7.09. The maximum atomic E-state index is 12.9. The molecule has 2 amide bonds. The molecule has 1 aromatic heterocycles. The Bertz CT molecular complexity index is 826. The summed E-state index contributed by atoms with van der Waals surface area (Å²) in [4.78, 5) is 27.2. The number of halogens is 1. The van der Waals surface area contributed by atoms with Crippen LogP contribution in [0.2, 0.25) is 0 Å². The number of hydrogen-bond donors (Lipinski definition) is 1. The van der Waals surface area contributed by atoms with Crippen molar-refractivity contribution in [2.24, 2.45) is 7.05 Å². The van der Waals surface area contributed by atoms with E-state index in [1.807, 2.05) is 37.5 Å². The first-order valence-electron chi connectivity index (χ1n) is 8.37. The molecule has 1 saturated carbocycles. The van der Waals surface area contributed by atoms with E-state index in [2.05, 4.69) is 26.3 Å². The summed E-state index contributed by atoms with van der Waals surface area (Å²) < 4.78 is 2.66. The van der Waals surface area contributed by atoms with Crippen LogP contribution < -0.4 is 10.2 Å². The summed E-state index contributed by atoms with van der Waals surface area (Å²) in [5.74, 6) is -0.103. The first-order chi connectivity index (χ1) is 12.0. The third-order valence-corrected chi connectivity index (χ3v) is 5.62. The van der Waals surface area contributed by atoms with Crippen LogP contribution in [0.1, 0.15) is 24.8 Å². The highest BCUT2D eigenvalue weighted by Gasteiger charge is 2.52. The molecule has 1 N–H and O–H groups in total. The van der Waals surface area contributed by atoms with Crippen molar-refractivity contribution in [3.63, 3.8) is 0 Å². The summed E-state index contributed by atoms with van der Waals surface area (Å²) >= 11 is 3.42. The van der Waals surface area contributed by atoms with Crippen molar-refractivity contribution in [2.45, 2.75) is 30.7 Å². The number of benzene rings is 1. The summed E-state index contributed by atoms with van der Waals surface area (Å²) in [6.45, 7) is 0.598. The lowest BCUT2D eigenvalue weighted by Crippen LogP contribution is -2.45. The minimum Gasteiger partial charge on any atom is -0.343 e. The Labute approximate surface area is 154 Å². The molecular weight excluding hydrogens is 384 g/mol. The van der Waals surface area contributed by atoms with Gasteiger partial charge in [-0.3, -0.25) is 14.3 Å². The van der Waals surface area contributed by atoms with Crippen LogP contribution in [0, 0.1) is 0 Å². The minimum atomic E-state index is -0.470. The molecule has 130 valence electrons. The zero-order chi connectivity index (χ0) is 17.6. The van der Waals surface area contributed by atoms with Gasteiger partial charge < -0.3 is 10.2 Å². The lowest BCUT2D eigenvalue weighted by molar-refractivity contribution is -0.128. The number of aromatic nitrogens is 2. The van der Waals surface area contributed by atoms with Gasteiger partial charge in [-0.2, -0.15) is 5.10 Å². The summed E-state index contributed by atoms with van der Waals surface area (Å²) in [5.41, 5.74) is 1.32. The van der Waals surface area contributed by atoms with E-state index < -0.39 is 11.5 Å². The van der Waals surface area contributed by atoms with Crippen LogP contribution in [0.25, 0.3) is 0 Å². The Morgan fingerprint density at radius 2 is 2.04 bits per heavy atom. The number of rotatable bonds is 4. The molecular formula is C18H19BrN4O2. The zero-order valence-corrected chi connectivity index (χ0v) is 15.5. The highest BCUT2D eigenvalue weighted by molar-refractivity contribution is 9.10. The maximum Gasteiger partial charge on any atom is 0.249 e. The van der Waals surface area contributed by atoms with Crippen LogP contribution in [-0.4, -0.2) is 34.2 Å². The Balaban J connectivity index is 1.46. The molecule has 6 nitrogen and oxygen atoms in total. The molecule has 0 unspecified atom stereocenters. The molecule has 1 aliphatic heterocycles. The minimum absolute atomic E-state index is 0.0405. The Kier molecular flexibility index (Phi) is 3.91. The van der Waals surface area contributed by atoms with E-state index in [4.69, 9.17) is 0 Å². The number of nitrogens with zero attached hydrogens (tertiary/aromatic N) is 3. The molecule has 0 radical (unpaired) electrons. The fourth-order valence-corrected chi connectivity index (χ4v) is 3.72. The molecule has 1 atom stereocenters.